The summed E-state index contributed by atoms with van der Waals surface area (Å²) < 4.78 is 52.0. The highest BCUT2D eigenvalue weighted by atomic mass is 32.2. The summed E-state index contributed by atoms with van der Waals surface area (Å²) in [5.41, 5.74) is 1.03. The molecule has 1 atom stereocenters. The van der Waals surface area contributed by atoms with Gasteiger partial charge in [0.15, 0.2) is 9.84 Å². The number of nitrogens with zero attached hydrogens (tertiary/aromatic N) is 1. The summed E-state index contributed by atoms with van der Waals surface area (Å²) in [7, 11) is -7.24. The van der Waals surface area contributed by atoms with Crippen LogP contribution in [0.2, 0.25) is 0 Å². The van der Waals surface area contributed by atoms with Crippen LogP contribution in [0.4, 0.5) is 0 Å². The molecule has 0 bridgehead atoms. The number of hydrogen-bond acceptors (Lipinski definition) is 6. The zero-order valence-electron chi connectivity index (χ0n) is 18.4. The van der Waals surface area contributed by atoms with Crippen molar-refractivity contribution in [1.29, 1.82) is 0 Å². The first-order valence-corrected chi connectivity index (χ1v) is 14.9. The largest absolute Gasteiger partial charge is 0.339 e. The predicted octanol–water partition coefficient (Wildman–Crippen LogP) is 3.48. The molecule has 10 heteroatoms. The fraction of sp³-hybridized carbons (Fsp3) is 0.409. The van der Waals surface area contributed by atoms with Crippen LogP contribution < -0.4 is 4.72 Å². The molecule has 1 amide bonds. The minimum atomic E-state index is -3.91. The van der Waals surface area contributed by atoms with Gasteiger partial charge in [0, 0.05) is 30.3 Å². The highest BCUT2D eigenvalue weighted by Gasteiger charge is 2.25. The summed E-state index contributed by atoms with van der Waals surface area (Å²) in [4.78, 5) is 15.8. The maximum atomic E-state index is 13.1. The van der Waals surface area contributed by atoms with Crippen LogP contribution in [-0.4, -0.2) is 53.2 Å². The lowest BCUT2D eigenvalue weighted by Gasteiger charge is -2.27. The van der Waals surface area contributed by atoms with Crippen LogP contribution in [0.5, 0.6) is 0 Å². The molecule has 2 aromatic carbocycles. The summed E-state index contributed by atoms with van der Waals surface area (Å²) in [6, 6.07) is 10.1. The Morgan fingerprint density at radius 2 is 1.56 bits per heavy atom. The molecule has 1 aliphatic heterocycles. The van der Waals surface area contributed by atoms with Gasteiger partial charge < -0.3 is 4.90 Å². The van der Waals surface area contributed by atoms with Gasteiger partial charge >= 0.3 is 0 Å². The van der Waals surface area contributed by atoms with E-state index < -0.39 is 25.9 Å². The topological polar surface area (TPSA) is 101 Å². The number of carbonyl (C=O) groups excluding carboxylic acids is 1. The average Bonchev–Trinajstić information content (AvgIpc) is 2.78. The van der Waals surface area contributed by atoms with Crippen molar-refractivity contribution in [1.82, 2.24) is 9.62 Å². The van der Waals surface area contributed by atoms with Crippen LogP contribution in [0.15, 0.2) is 57.2 Å². The molecule has 174 valence electrons. The first-order chi connectivity index (χ1) is 15.0. The van der Waals surface area contributed by atoms with Gasteiger partial charge in [-0.3, -0.25) is 4.79 Å². The van der Waals surface area contributed by atoms with Crippen LogP contribution in [-0.2, 0) is 19.9 Å². The van der Waals surface area contributed by atoms with E-state index in [0.717, 1.165) is 30.4 Å². The number of hydrogen-bond donors (Lipinski definition) is 1. The van der Waals surface area contributed by atoms with Crippen molar-refractivity contribution in [3.8, 4) is 0 Å². The highest BCUT2D eigenvalue weighted by Crippen LogP contribution is 2.27. The Morgan fingerprint density at radius 1 is 0.969 bits per heavy atom. The summed E-state index contributed by atoms with van der Waals surface area (Å²) in [6.45, 7) is 3.05. The number of piperidine rings is 1. The monoisotopic (exact) mass is 496 g/mol. The molecule has 0 radical (unpaired) electrons. The van der Waals surface area contributed by atoms with Gasteiger partial charge in [0.2, 0.25) is 10.0 Å². The number of thioether (sulfide) groups is 1. The molecule has 1 saturated heterocycles. The number of amides is 1. The van der Waals surface area contributed by atoms with Crippen molar-refractivity contribution in [3.05, 3.63) is 53.6 Å². The lowest BCUT2D eigenvalue weighted by molar-refractivity contribution is 0.0720. The maximum absolute atomic E-state index is 13.1. The summed E-state index contributed by atoms with van der Waals surface area (Å²) >= 11 is 1.41. The molecule has 0 aromatic heterocycles. The normalized spacial score (nSPS) is 16.0. The Hall–Kier alpha value is -1.88. The number of carbonyl (C=O) groups is 1. The van der Waals surface area contributed by atoms with Crippen LogP contribution >= 0.6 is 11.8 Å². The van der Waals surface area contributed by atoms with E-state index in [1.807, 2.05) is 6.26 Å². The molecule has 1 heterocycles. The molecular weight excluding hydrogens is 468 g/mol. The van der Waals surface area contributed by atoms with Gasteiger partial charge in [0.1, 0.15) is 0 Å². The summed E-state index contributed by atoms with van der Waals surface area (Å²) in [5.74, 6) is -0.143. The van der Waals surface area contributed by atoms with Crippen molar-refractivity contribution in [2.75, 3.05) is 25.6 Å². The van der Waals surface area contributed by atoms with E-state index >= 15 is 0 Å². The van der Waals surface area contributed by atoms with Gasteiger partial charge in [-0.05, 0) is 68.3 Å². The zero-order chi connectivity index (χ0) is 23.5. The van der Waals surface area contributed by atoms with Gasteiger partial charge in [-0.1, -0.05) is 12.1 Å². The quantitative estimate of drug-likeness (QED) is 0.589. The lowest BCUT2D eigenvalue weighted by atomic mass is 10.1. The van der Waals surface area contributed by atoms with Gasteiger partial charge in [0.25, 0.3) is 5.91 Å². The molecule has 32 heavy (non-hydrogen) atoms. The van der Waals surface area contributed by atoms with Crippen LogP contribution in [0.1, 0.15) is 48.1 Å². The van der Waals surface area contributed by atoms with Crippen molar-refractivity contribution in [2.45, 2.75) is 46.9 Å². The third-order valence-corrected chi connectivity index (χ3v) is 8.96. The van der Waals surface area contributed by atoms with E-state index in [1.54, 1.807) is 30.0 Å². The maximum Gasteiger partial charge on any atom is 0.255 e. The SMILES string of the molecule is CSc1ccc(S(=O)(=O)N[C@H](C)c2ccc(S(C)(=O)=O)cc2)cc1C(=O)N1CCCCC1. The van der Waals surface area contributed by atoms with Gasteiger partial charge in [-0.25, -0.2) is 21.6 Å². The molecule has 7 nitrogen and oxygen atoms in total. The smallest absolute Gasteiger partial charge is 0.255 e. The Labute approximate surface area is 194 Å². The number of sulfonamides is 1. The molecule has 2 aromatic rings. The Morgan fingerprint density at radius 3 is 2.12 bits per heavy atom. The van der Waals surface area contributed by atoms with Crippen LogP contribution in [0.3, 0.4) is 0 Å². The number of rotatable bonds is 7. The first kappa shape index (κ1) is 24.8. The van der Waals surface area contributed by atoms with Gasteiger partial charge in [-0.2, -0.15) is 0 Å². The van der Waals surface area contributed by atoms with Crippen molar-refractivity contribution >= 4 is 37.5 Å². The fourth-order valence-electron chi connectivity index (χ4n) is 3.66. The molecule has 1 aliphatic rings. The third-order valence-electron chi connectivity index (χ3n) is 5.50. The molecule has 1 N–H and O–H groups in total. The lowest BCUT2D eigenvalue weighted by Crippen LogP contribution is -2.36. The predicted molar refractivity (Wildman–Crippen MR) is 126 cm³/mol. The first-order valence-electron chi connectivity index (χ1n) is 10.3. The molecule has 3 rings (SSSR count). The minimum Gasteiger partial charge on any atom is -0.339 e. The van der Waals surface area contributed by atoms with Crippen molar-refractivity contribution < 1.29 is 21.6 Å². The van der Waals surface area contributed by atoms with Gasteiger partial charge in [0.05, 0.1) is 15.4 Å². The van der Waals surface area contributed by atoms with Gasteiger partial charge in [-0.15, -0.1) is 11.8 Å². The third kappa shape index (κ3) is 5.72. The second-order valence-corrected chi connectivity index (χ2v) is 12.5. The Kier molecular flexibility index (Phi) is 7.69. The molecule has 0 unspecified atom stereocenters. The molecule has 1 fully saturated rings. The van der Waals surface area contributed by atoms with Crippen molar-refractivity contribution in [2.24, 2.45) is 0 Å². The number of sulfone groups is 1. The standard InChI is InChI=1S/C22H28N2O5S3/c1-16(17-7-9-18(10-8-17)31(3,26)27)23-32(28,29)19-11-12-21(30-2)20(15-19)22(25)24-13-5-4-6-14-24/h7-12,15-16,23H,4-6,13-14H2,1-3H3/t16-/m1/s1. The zero-order valence-corrected chi connectivity index (χ0v) is 20.8. The molecular formula is C22H28N2O5S3. The number of benzene rings is 2. The second-order valence-electron chi connectivity index (χ2n) is 7.90. The summed E-state index contributed by atoms with van der Waals surface area (Å²) in [6.07, 6.45) is 5.98. The van der Waals surface area contributed by atoms with Crippen LogP contribution in [0.25, 0.3) is 0 Å². The number of nitrogens with one attached hydrogen (secondary N) is 1. The summed E-state index contributed by atoms with van der Waals surface area (Å²) in [5, 5.41) is 0. The minimum absolute atomic E-state index is 0.0234. The second kappa shape index (κ2) is 9.94. The highest BCUT2D eigenvalue weighted by molar-refractivity contribution is 7.98. The van der Waals surface area contributed by atoms with E-state index in [1.165, 1.54) is 36.0 Å². The number of likely N-dealkylation sites (tertiary alicyclic amines) is 1. The van der Waals surface area contributed by atoms with E-state index in [4.69, 9.17) is 0 Å². The fourth-order valence-corrected chi connectivity index (χ4v) is 6.12. The molecule has 0 aliphatic carbocycles. The molecule has 0 spiro atoms. The van der Waals surface area contributed by atoms with Crippen molar-refractivity contribution in [3.63, 3.8) is 0 Å². The van der Waals surface area contributed by atoms with E-state index in [-0.39, 0.29) is 15.7 Å². The van der Waals surface area contributed by atoms with Crippen LogP contribution in [0, 0.1) is 0 Å². The van der Waals surface area contributed by atoms with E-state index in [9.17, 15) is 21.6 Å². The Balaban J connectivity index is 1.85. The van der Waals surface area contributed by atoms with E-state index in [0.29, 0.717) is 24.2 Å². The Bertz CT molecular complexity index is 1190. The van der Waals surface area contributed by atoms with E-state index in [2.05, 4.69) is 4.72 Å². The average molecular weight is 497 g/mol. The molecule has 0 saturated carbocycles.